The van der Waals surface area contributed by atoms with Crippen LogP contribution < -0.4 is 20.1 Å². The molecule has 15 nitrogen and oxygen atoms in total. The van der Waals surface area contributed by atoms with Crippen molar-refractivity contribution in [3.05, 3.63) is 81.2 Å². The lowest BCUT2D eigenvalue weighted by molar-refractivity contribution is -0.128. The second-order valence-corrected chi connectivity index (χ2v) is 16.5. The Morgan fingerprint density at radius 2 is 1.89 bits per heavy atom. The molecule has 0 radical (unpaired) electrons. The number of ether oxygens (including phenoxy) is 1. The third-order valence-corrected chi connectivity index (χ3v) is 12.4. The third kappa shape index (κ3) is 10.4. The summed E-state index contributed by atoms with van der Waals surface area (Å²) in [5.74, 6) is -0.350. The molecule has 4 N–H and O–H groups in total. The minimum absolute atomic E-state index is 0.0633. The standard InChI is InChI=1S/C37H49N7O8S2/c1-4-24(2)33(44-16-15-43(37(44)48)22-29-23-53-36(41-29)52-35(47)38-3)34(46)42-30(19-26-9-6-5-7-10-26)31(45)21-40-54(50,51)32-14-13-27(20-39-49)18-28(32)17-25-11-8-12-25/h5-7,9-10,13-14,18,23-25,30-31,33,40,45H,4,8,11-12,15-17,19-22H2,1-3H3,(H,38,47)(H,42,46)/t24-,30-,31+,33-/m0/s1. The Kier molecular flexibility index (Phi) is 14.1. The van der Waals surface area contributed by atoms with Crippen LogP contribution in [0.25, 0.3) is 0 Å². The fourth-order valence-electron chi connectivity index (χ4n) is 6.74. The Balaban J connectivity index is 1.30. The highest BCUT2D eigenvalue weighted by Gasteiger charge is 2.41. The molecule has 54 heavy (non-hydrogen) atoms. The summed E-state index contributed by atoms with van der Waals surface area (Å²) < 4.78 is 35.1. The maximum Gasteiger partial charge on any atom is 0.414 e. The predicted molar refractivity (Wildman–Crippen MR) is 203 cm³/mol. The van der Waals surface area contributed by atoms with Crippen LogP contribution in [-0.2, 0) is 40.7 Å². The largest absolute Gasteiger partial charge is 0.414 e. The van der Waals surface area contributed by atoms with E-state index < -0.39 is 40.2 Å². The van der Waals surface area contributed by atoms with E-state index in [1.165, 1.54) is 18.0 Å². The maximum atomic E-state index is 14.2. The van der Waals surface area contributed by atoms with Crippen LogP contribution in [0.3, 0.4) is 0 Å². The van der Waals surface area contributed by atoms with Crippen LogP contribution in [0.1, 0.15) is 61.9 Å². The monoisotopic (exact) mass is 783 g/mol. The van der Waals surface area contributed by atoms with E-state index in [4.69, 9.17) is 4.74 Å². The van der Waals surface area contributed by atoms with E-state index in [0.29, 0.717) is 42.1 Å². The van der Waals surface area contributed by atoms with Gasteiger partial charge in [-0.3, -0.25) is 4.79 Å². The second-order valence-electron chi connectivity index (χ2n) is 13.9. The quantitative estimate of drug-likeness (QED) is 0.129. The second kappa shape index (κ2) is 18.7. The number of urea groups is 1. The van der Waals surface area contributed by atoms with Gasteiger partial charge in [0, 0.05) is 32.1 Å². The number of nitroso groups, excluding NO2 is 1. The Morgan fingerprint density at radius 3 is 2.56 bits per heavy atom. The smallest absolute Gasteiger partial charge is 0.390 e. The molecule has 17 heteroatoms. The average Bonchev–Trinajstić information content (AvgIpc) is 3.74. The first-order valence-corrected chi connectivity index (χ1v) is 20.6. The molecule has 5 rings (SSSR count). The van der Waals surface area contributed by atoms with Crippen molar-refractivity contribution in [2.75, 3.05) is 26.7 Å². The van der Waals surface area contributed by atoms with Gasteiger partial charge >= 0.3 is 12.1 Å². The number of aliphatic hydroxyl groups is 1. The van der Waals surface area contributed by atoms with Crippen molar-refractivity contribution in [2.24, 2.45) is 17.0 Å². The zero-order valence-electron chi connectivity index (χ0n) is 30.8. The van der Waals surface area contributed by atoms with E-state index in [9.17, 15) is 32.8 Å². The molecule has 2 aliphatic rings. The number of aromatic nitrogens is 1. The fraction of sp³-hybridized carbons (Fsp3) is 0.514. The van der Waals surface area contributed by atoms with Crippen LogP contribution in [0.4, 0.5) is 9.59 Å². The van der Waals surface area contributed by atoms with Gasteiger partial charge in [0.05, 0.1) is 29.3 Å². The Morgan fingerprint density at radius 1 is 1.13 bits per heavy atom. The van der Waals surface area contributed by atoms with Crippen LogP contribution in [0.5, 0.6) is 5.19 Å². The first-order valence-electron chi connectivity index (χ1n) is 18.2. The van der Waals surface area contributed by atoms with Gasteiger partial charge in [-0.1, -0.05) is 98.5 Å². The number of amides is 4. The summed E-state index contributed by atoms with van der Waals surface area (Å²) in [5, 5.41) is 21.7. The number of hydrogen-bond acceptors (Lipinski definition) is 11. The van der Waals surface area contributed by atoms with Crippen LogP contribution in [0, 0.1) is 16.7 Å². The lowest BCUT2D eigenvalue weighted by atomic mass is 9.81. The molecule has 1 aliphatic carbocycles. The highest BCUT2D eigenvalue weighted by molar-refractivity contribution is 7.89. The minimum Gasteiger partial charge on any atom is -0.390 e. The minimum atomic E-state index is -4.10. The number of carbonyl (C=O) groups excluding carboxylic acids is 3. The molecule has 0 unspecified atom stereocenters. The van der Waals surface area contributed by atoms with E-state index >= 15 is 0 Å². The molecular formula is C37H49N7O8S2. The number of aliphatic hydroxyl groups excluding tert-OH is 1. The highest BCUT2D eigenvalue weighted by atomic mass is 32.2. The average molecular weight is 784 g/mol. The van der Waals surface area contributed by atoms with Gasteiger partial charge in [-0.2, -0.15) is 4.91 Å². The van der Waals surface area contributed by atoms with Crippen molar-refractivity contribution >= 4 is 39.4 Å². The van der Waals surface area contributed by atoms with Crippen LogP contribution in [0.2, 0.25) is 0 Å². The third-order valence-electron chi connectivity index (χ3n) is 10.1. The first-order chi connectivity index (χ1) is 25.9. The Hall–Kier alpha value is -4.45. The molecular weight excluding hydrogens is 735 g/mol. The van der Waals surface area contributed by atoms with E-state index in [-0.39, 0.29) is 54.6 Å². The molecule has 1 saturated carbocycles. The molecule has 4 atom stereocenters. The summed E-state index contributed by atoms with van der Waals surface area (Å²) in [5.41, 5.74) is 2.59. The van der Waals surface area contributed by atoms with Gasteiger partial charge in [-0.05, 0) is 47.4 Å². The van der Waals surface area contributed by atoms with E-state index in [1.807, 2.05) is 44.2 Å². The van der Waals surface area contributed by atoms with E-state index in [0.717, 1.165) is 36.2 Å². The van der Waals surface area contributed by atoms with Gasteiger partial charge in [-0.15, -0.1) is 0 Å². The van der Waals surface area contributed by atoms with Gasteiger partial charge in [-0.25, -0.2) is 27.7 Å². The van der Waals surface area contributed by atoms with Gasteiger partial charge < -0.3 is 30.3 Å². The van der Waals surface area contributed by atoms with Crippen molar-refractivity contribution in [1.82, 2.24) is 30.1 Å². The number of hydrogen-bond donors (Lipinski definition) is 4. The molecule has 2 heterocycles. The molecule has 2 aromatic carbocycles. The normalized spacial score (nSPS) is 17.0. The highest BCUT2D eigenvalue weighted by Crippen LogP contribution is 2.32. The molecule has 1 saturated heterocycles. The van der Waals surface area contributed by atoms with Crippen LogP contribution >= 0.6 is 11.3 Å². The van der Waals surface area contributed by atoms with Gasteiger partial charge in [0.15, 0.2) is 0 Å². The van der Waals surface area contributed by atoms with Gasteiger partial charge in [0.1, 0.15) is 12.6 Å². The number of rotatable bonds is 19. The van der Waals surface area contributed by atoms with Crippen molar-refractivity contribution < 1.29 is 32.6 Å². The zero-order valence-corrected chi connectivity index (χ0v) is 32.4. The predicted octanol–water partition coefficient (Wildman–Crippen LogP) is 4.19. The molecule has 3 aromatic rings. The number of sulfonamides is 1. The van der Waals surface area contributed by atoms with E-state index in [2.05, 4.69) is 25.5 Å². The molecule has 292 valence electrons. The zero-order chi connectivity index (χ0) is 38.8. The fourth-order valence-corrected chi connectivity index (χ4v) is 8.68. The number of nitrogens with one attached hydrogen (secondary N) is 3. The summed E-state index contributed by atoms with van der Waals surface area (Å²) in [4.78, 5) is 57.9. The molecule has 1 aliphatic heterocycles. The van der Waals surface area contributed by atoms with Crippen molar-refractivity contribution in [3.8, 4) is 5.19 Å². The molecule has 4 amide bonds. The molecule has 1 aromatic heterocycles. The first kappa shape index (κ1) is 40.7. The van der Waals surface area contributed by atoms with Crippen molar-refractivity contribution in [3.63, 3.8) is 0 Å². The van der Waals surface area contributed by atoms with Crippen LogP contribution in [0.15, 0.2) is 64.0 Å². The summed E-state index contributed by atoms with van der Waals surface area (Å²) in [6.07, 6.45) is 2.46. The Labute approximate surface area is 319 Å². The summed E-state index contributed by atoms with van der Waals surface area (Å²) >= 11 is 1.13. The summed E-state index contributed by atoms with van der Waals surface area (Å²) in [6, 6.07) is 11.9. The molecule has 2 fully saturated rings. The van der Waals surface area contributed by atoms with Gasteiger partial charge in [0.25, 0.3) is 5.19 Å². The van der Waals surface area contributed by atoms with Crippen LogP contribution in [-0.4, -0.2) is 91.2 Å². The molecule has 0 spiro atoms. The number of nitrogens with zero attached hydrogens (tertiary/aromatic N) is 4. The Bertz CT molecular complexity index is 1870. The van der Waals surface area contributed by atoms with E-state index in [1.54, 1.807) is 22.4 Å². The number of benzene rings is 2. The maximum absolute atomic E-state index is 14.2. The lowest BCUT2D eigenvalue weighted by Gasteiger charge is -2.33. The topological polar surface area (TPSA) is 200 Å². The summed E-state index contributed by atoms with van der Waals surface area (Å²) in [6.45, 7) is 4.15. The lowest BCUT2D eigenvalue weighted by Crippen LogP contribution is -2.57. The summed E-state index contributed by atoms with van der Waals surface area (Å²) in [7, 11) is -2.66. The number of thiazole rings is 1. The number of carbonyl (C=O) groups is 3. The van der Waals surface area contributed by atoms with Crippen molar-refractivity contribution in [1.29, 1.82) is 0 Å². The molecule has 0 bridgehead atoms. The van der Waals surface area contributed by atoms with Gasteiger partial charge in [0.2, 0.25) is 15.9 Å². The van der Waals surface area contributed by atoms with Crippen molar-refractivity contribution in [2.45, 2.75) is 88.5 Å². The SMILES string of the molecule is CC[C@H](C)[C@@H](C(=O)N[C@@H](Cc1ccccc1)[C@H](O)CNS(=O)(=O)c1ccc(CN=O)cc1CC1CCC1)N1CCN(Cc2csc(OC(=O)NC)n2)C1=O.